The summed E-state index contributed by atoms with van der Waals surface area (Å²) in [6.07, 6.45) is 2.46. The van der Waals surface area contributed by atoms with E-state index in [1.54, 1.807) is 0 Å². The van der Waals surface area contributed by atoms with E-state index in [0.717, 1.165) is 51.3 Å². The fourth-order valence-electron chi connectivity index (χ4n) is 3.37. The van der Waals surface area contributed by atoms with Gasteiger partial charge in [-0.15, -0.1) is 0 Å². The van der Waals surface area contributed by atoms with Crippen LogP contribution in [-0.4, -0.2) is 61.9 Å². The maximum atomic E-state index is 12.4. The van der Waals surface area contributed by atoms with Crippen LogP contribution in [0.2, 0.25) is 0 Å². The van der Waals surface area contributed by atoms with E-state index in [9.17, 15) is 9.90 Å². The molecule has 126 valence electrons. The summed E-state index contributed by atoms with van der Waals surface area (Å²) in [5.74, 6) is 0.415. The molecule has 2 aliphatic heterocycles. The average Bonchev–Trinajstić information content (AvgIpc) is 2.63. The first-order valence-electron chi connectivity index (χ1n) is 8.56. The van der Waals surface area contributed by atoms with Gasteiger partial charge in [-0.25, -0.2) is 0 Å². The summed E-state index contributed by atoms with van der Waals surface area (Å²) < 4.78 is 5.37. The third-order valence-electron chi connectivity index (χ3n) is 4.80. The standard InChI is InChI=1S/C18H26N2O3/c21-14-16-2-1-7-20(13-16)18(22)12-15-3-5-17(6-4-15)19-8-10-23-11-9-19/h3-6,16,21H,1-2,7-14H2. The van der Waals surface area contributed by atoms with E-state index in [-0.39, 0.29) is 18.4 Å². The lowest BCUT2D eigenvalue weighted by molar-refractivity contribution is -0.132. The highest BCUT2D eigenvalue weighted by Crippen LogP contribution is 2.19. The molecule has 3 rings (SSSR count). The molecule has 0 bridgehead atoms. The number of piperidine rings is 1. The molecule has 1 N–H and O–H groups in total. The predicted octanol–water partition coefficient (Wildman–Crippen LogP) is 1.30. The molecule has 5 heteroatoms. The molecule has 2 aliphatic rings. The van der Waals surface area contributed by atoms with Crippen molar-refractivity contribution >= 4 is 11.6 Å². The Morgan fingerprint density at radius 3 is 2.61 bits per heavy atom. The van der Waals surface area contributed by atoms with Crippen LogP contribution in [0.15, 0.2) is 24.3 Å². The maximum absolute atomic E-state index is 12.4. The molecule has 1 atom stereocenters. The molecule has 2 heterocycles. The highest BCUT2D eigenvalue weighted by molar-refractivity contribution is 5.79. The highest BCUT2D eigenvalue weighted by Gasteiger charge is 2.23. The number of aliphatic hydroxyl groups is 1. The first-order chi connectivity index (χ1) is 11.3. The highest BCUT2D eigenvalue weighted by atomic mass is 16.5. The van der Waals surface area contributed by atoms with Gasteiger partial charge in [-0.3, -0.25) is 4.79 Å². The van der Waals surface area contributed by atoms with Gasteiger partial charge in [0.05, 0.1) is 19.6 Å². The molecule has 2 fully saturated rings. The Bertz CT molecular complexity index is 512. The maximum Gasteiger partial charge on any atom is 0.226 e. The van der Waals surface area contributed by atoms with Crippen LogP contribution in [-0.2, 0) is 16.0 Å². The van der Waals surface area contributed by atoms with Crippen LogP contribution in [0.4, 0.5) is 5.69 Å². The van der Waals surface area contributed by atoms with Crippen molar-refractivity contribution in [2.75, 3.05) is 50.9 Å². The Kier molecular flexibility index (Phi) is 5.51. The second-order valence-electron chi connectivity index (χ2n) is 6.47. The van der Waals surface area contributed by atoms with E-state index in [4.69, 9.17) is 4.74 Å². The number of carbonyl (C=O) groups is 1. The number of rotatable bonds is 4. The summed E-state index contributed by atoms with van der Waals surface area (Å²) in [7, 11) is 0. The lowest BCUT2D eigenvalue weighted by Gasteiger charge is -2.32. The number of morpholine rings is 1. The van der Waals surface area contributed by atoms with Crippen LogP contribution in [0.5, 0.6) is 0 Å². The van der Waals surface area contributed by atoms with Gasteiger partial charge in [-0.05, 0) is 36.5 Å². The van der Waals surface area contributed by atoms with E-state index in [2.05, 4.69) is 29.2 Å². The summed E-state index contributed by atoms with van der Waals surface area (Å²) in [4.78, 5) is 16.6. The Morgan fingerprint density at radius 2 is 1.91 bits per heavy atom. The van der Waals surface area contributed by atoms with Crippen molar-refractivity contribution in [2.24, 2.45) is 5.92 Å². The number of likely N-dealkylation sites (tertiary alicyclic amines) is 1. The summed E-state index contributed by atoms with van der Waals surface area (Å²) in [5.41, 5.74) is 2.25. The number of nitrogens with zero attached hydrogens (tertiary/aromatic N) is 2. The Balaban J connectivity index is 1.56. The minimum absolute atomic E-state index is 0.169. The smallest absolute Gasteiger partial charge is 0.226 e. The fraction of sp³-hybridized carbons (Fsp3) is 0.611. The number of hydrogen-bond acceptors (Lipinski definition) is 4. The van der Waals surface area contributed by atoms with E-state index < -0.39 is 0 Å². The van der Waals surface area contributed by atoms with E-state index >= 15 is 0 Å². The topological polar surface area (TPSA) is 53.0 Å². The van der Waals surface area contributed by atoms with Crippen molar-refractivity contribution in [3.63, 3.8) is 0 Å². The van der Waals surface area contributed by atoms with Gasteiger partial charge in [-0.2, -0.15) is 0 Å². The molecule has 0 saturated carbocycles. The first kappa shape index (κ1) is 16.3. The van der Waals surface area contributed by atoms with Gasteiger partial charge >= 0.3 is 0 Å². The second kappa shape index (κ2) is 7.79. The van der Waals surface area contributed by atoms with E-state index in [1.165, 1.54) is 5.69 Å². The zero-order valence-corrected chi connectivity index (χ0v) is 13.6. The van der Waals surface area contributed by atoms with Gasteiger partial charge in [0.15, 0.2) is 0 Å². The largest absolute Gasteiger partial charge is 0.396 e. The average molecular weight is 318 g/mol. The quantitative estimate of drug-likeness (QED) is 0.909. The Labute approximate surface area is 137 Å². The molecular formula is C18H26N2O3. The van der Waals surface area contributed by atoms with Crippen LogP contribution >= 0.6 is 0 Å². The Hall–Kier alpha value is -1.59. The third-order valence-corrected chi connectivity index (χ3v) is 4.80. The zero-order valence-electron chi connectivity index (χ0n) is 13.6. The monoisotopic (exact) mass is 318 g/mol. The van der Waals surface area contributed by atoms with Gasteiger partial charge in [0.25, 0.3) is 0 Å². The molecule has 0 spiro atoms. The van der Waals surface area contributed by atoms with Crippen LogP contribution in [0.1, 0.15) is 18.4 Å². The number of anilines is 1. The molecule has 1 unspecified atom stereocenters. The molecule has 0 aliphatic carbocycles. The molecular weight excluding hydrogens is 292 g/mol. The number of hydrogen-bond donors (Lipinski definition) is 1. The van der Waals surface area contributed by atoms with Crippen molar-refractivity contribution < 1.29 is 14.6 Å². The molecule has 0 aromatic heterocycles. The second-order valence-corrected chi connectivity index (χ2v) is 6.47. The number of carbonyl (C=O) groups excluding carboxylic acids is 1. The van der Waals surface area contributed by atoms with Crippen LogP contribution in [0, 0.1) is 5.92 Å². The van der Waals surface area contributed by atoms with Gasteiger partial charge in [0, 0.05) is 38.5 Å². The molecule has 1 amide bonds. The van der Waals surface area contributed by atoms with Crippen molar-refractivity contribution in [3.05, 3.63) is 29.8 Å². The van der Waals surface area contributed by atoms with Crippen LogP contribution < -0.4 is 4.90 Å². The lowest BCUT2D eigenvalue weighted by Crippen LogP contribution is -2.41. The van der Waals surface area contributed by atoms with Crippen molar-refractivity contribution in [1.29, 1.82) is 0 Å². The molecule has 1 aromatic carbocycles. The first-order valence-corrected chi connectivity index (χ1v) is 8.56. The molecule has 23 heavy (non-hydrogen) atoms. The zero-order chi connectivity index (χ0) is 16.1. The number of amides is 1. The number of ether oxygens (including phenoxy) is 1. The summed E-state index contributed by atoms with van der Waals surface area (Å²) in [6, 6.07) is 8.30. The lowest BCUT2D eigenvalue weighted by atomic mass is 9.98. The minimum Gasteiger partial charge on any atom is -0.396 e. The van der Waals surface area contributed by atoms with Gasteiger partial charge < -0.3 is 19.6 Å². The SMILES string of the molecule is O=C(Cc1ccc(N2CCOCC2)cc1)N1CCCC(CO)C1. The third kappa shape index (κ3) is 4.24. The van der Waals surface area contributed by atoms with Gasteiger partial charge in [-0.1, -0.05) is 12.1 Å². The van der Waals surface area contributed by atoms with Crippen molar-refractivity contribution in [3.8, 4) is 0 Å². The predicted molar refractivity (Wildman–Crippen MR) is 89.6 cm³/mol. The van der Waals surface area contributed by atoms with Crippen molar-refractivity contribution in [1.82, 2.24) is 4.90 Å². The molecule has 0 radical (unpaired) electrons. The van der Waals surface area contributed by atoms with Gasteiger partial charge in [0.1, 0.15) is 0 Å². The van der Waals surface area contributed by atoms with E-state index in [0.29, 0.717) is 13.0 Å². The minimum atomic E-state index is 0.169. The summed E-state index contributed by atoms with van der Waals surface area (Å²) in [5, 5.41) is 9.28. The number of aliphatic hydroxyl groups excluding tert-OH is 1. The molecule has 2 saturated heterocycles. The van der Waals surface area contributed by atoms with Crippen molar-refractivity contribution in [2.45, 2.75) is 19.3 Å². The Morgan fingerprint density at radius 1 is 1.17 bits per heavy atom. The number of benzene rings is 1. The summed E-state index contributed by atoms with van der Waals surface area (Å²) in [6.45, 7) is 5.10. The van der Waals surface area contributed by atoms with Gasteiger partial charge in [0.2, 0.25) is 5.91 Å². The van der Waals surface area contributed by atoms with Crippen LogP contribution in [0.3, 0.4) is 0 Å². The fourth-order valence-corrected chi connectivity index (χ4v) is 3.37. The normalized spacial score (nSPS) is 22.2. The molecule has 1 aromatic rings. The van der Waals surface area contributed by atoms with E-state index in [1.807, 2.05) is 4.90 Å². The van der Waals surface area contributed by atoms with Crippen LogP contribution in [0.25, 0.3) is 0 Å². The summed E-state index contributed by atoms with van der Waals surface area (Å²) >= 11 is 0. The molecule has 5 nitrogen and oxygen atoms in total.